The first-order chi connectivity index (χ1) is 7.17. The van der Waals surface area contributed by atoms with Crippen molar-refractivity contribution in [2.24, 2.45) is 0 Å². The van der Waals surface area contributed by atoms with Crippen LogP contribution in [0.5, 0.6) is 0 Å². The monoisotopic (exact) mass is 209 g/mol. The Hall–Kier alpha value is -1.40. The van der Waals surface area contributed by atoms with Crippen molar-refractivity contribution in [3.8, 4) is 11.8 Å². The first-order valence-electron chi connectivity index (χ1n) is 4.70. The Kier molecular flexibility index (Phi) is 4.26. The van der Waals surface area contributed by atoms with Crippen LogP contribution in [-0.4, -0.2) is 13.1 Å². The van der Waals surface area contributed by atoms with Crippen molar-refractivity contribution in [3.05, 3.63) is 35.9 Å². The Morgan fingerprint density at radius 3 is 2.53 bits per heavy atom. The van der Waals surface area contributed by atoms with Crippen molar-refractivity contribution in [3.63, 3.8) is 0 Å². The van der Waals surface area contributed by atoms with E-state index in [1.807, 2.05) is 0 Å². The second-order valence-corrected chi connectivity index (χ2v) is 3.10. The van der Waals surface area contributed by atoms with Crippen LogP contribution >= 0.6 is 0 Å². The van der Waals surface area contributed by atoms with E-state index in [2.05, 4.69) is 17.2 Å². The molecular weight excluding hydrogens is 196 g/mol. The Balaban J connectivity index is 2.54. The molecule has 0 aliphatic rings. The second kappa shape index (κ2) is 5.47. The highest BCUT2D eigenvalue weighted by Gasteiger charge is 2.30. The van der Waals surface area contributed by atoms with Gasteiger partial charge in [0.15, 0.2) is 0 Å². The van der Waals surface area contributed by atoms with Gasteiger partial charge in [0, 0.05) is 5.56 Å². The summed E-state index contributed by atoms with van der Waals surface area (Å²) >= 11 is 0. The van der Waals surface area contributed by atoms with Crippen LogP contribution in [0.15, 0.2) is 30.3 Å². The van der Waals surface area contributed by atoms with Gasteiger partial charge in [-0.3, -0.25) is 0 Å². The molecule has 0 aliphatic heterocycles. The van der Waals surface area contributed by atoms with Crippen LogP contribution in [0, 0.1) is 11.8 Å². The molecule has 1 aromatic rings. The summed E-state index contributed by atoms with van der Waals surface area (Å²) in [5.74, 6) is 2.48. The summed E-state index contributed by atoms with van der Waals surface area (Å²) in [6.45, 7) is 1.58. The SMILES string of the molecule is CC#CCNCC(F)(F)c1ccccc1. The highest BCUT2D eigenvalue weighted by atomic mass is 19.3. The molecule has 0 bridgehead atoms. The first kappa shape index (κ1) is 11.7. The standard InChI is InChI=1S/C12H13F2N/c1-2-3-9-15-10-12(13,14)11-7-5-4-6-8-11/h4-8,15H,9-10H2,1H3. The second-order valence-electron chi connectivity index (χ2n) is 3.10. The summed E-state index contributed by atoms with van der Waals surface area (Å²) in [6, 6.07) is 7.78. The predicted molar refractivity (Wildman–Crippen MR) is 56.7 cm³/mol. The summed E-state index contributed by atoms with van der Waals surface area (Å²) in [5, 5.41) is 2.60. The maximum absolute atomic E-state index is 13.5. The molecule has 0 radical (unpaired) electrons. The zero-order valence-corrected chi connectivity index (χ0v) is 8.56. The molecule has 0 unspecified atom stereocenters. The Labute approximate surface area is 88.5 Å². The van der Waals surface area contributed by atoms with Gasteiger partial charge in [-0.15, -0.1) is 5.92 Å². The number of hydrogen-bond donors (Lipinski definition) is 1. The predicted octanol–water partition coefficient (Wildman–Crippen LogP) is 2.39. The molecule has 1 rings (SSSR count). The molecule has 0 fully saturated rings. The lowest BCUT2D eigenvalue weighted by Gasteiger charge is -2.16. The topological polar surface area (TPSA) is 12.0 Å². The minimum absolute atomic E-state index is 0.0296. The zero-order valence-electron chi connectivity index (χ0n) is 8.56. The third-order valence-corrected chi connectivity index (χ3v) is 1.93. The van der Waals surface area contributed by atoms with Gasteiger partial charge in [-0.05, 0) is 6.92 Å². The van der Waals surface area contributed by atoms with Crippen LogP contribution in [0.3, 0.4) is 0 Å². The summed E-state index contributed by atoms with van der Waals surface area (Å²) in [6.07, 6.45) is 0. The Morgan fingerprint density at radius 2 is 1.93 bits per heavy atom. The van der Waals surface area contributed by atoms with Gasteiger partial charge in [0.2, 0.25) is 0 Å². The van der Waals surface area contributed by atoms with Crippen LogP contribution in [-0.2, 0) is 5.92 Å². The maximum Gasteiger partial charge on any atom is 0.285 e. The molecule has 0 heterocycles. The third kappa shape index (κ3) is 3.69. The Bertz CT molecular complexity index is 349. The molecule has 3 heteroatoms. The zero-order chi connectivity index (χ0) is 11.1. The smallest absolute Gasteiger partial charge is 0.285 e. The first-order valence-corrected chi connectivity index (χ1v) is 4.70. The fourth-order valence-electron chi connectivity index (χ4n) is 1.15. The minimum Gasteiger partial charge on any atom is -0.300 e. The van der Waals surface area contributed by atoms with Crippen molar-refractivity contribution >= 4 is 0 Å². The van der Waals surface area contributed by atoms with E-state index >= 15 is 0 Å². The summed E-state index contributed by atoms with van der Waals surface area (Å²) in [5.41, 5.74) is 0.0296. The van der Waals surface area contributed by atoms with Crippen molar-refractivity contribution in [2.45, 2.75) is 12.8 Å². The van der Waals surface area contributed by atoms with E-state index in [1.54, 1.807) is 25.1 Å². The average Bonchev–Trinajstić information content (AvgIpc) is 2.26. The Morgan fingerprint density at radius 1 is 1.27 bits per heavy atom. The number of nitrogens with one attached hydrogen (secondary N) is 1. The van der Waals surface area contributed by atoms with Crippen molar-refractivity contribution in [2.75, 3.05) is 13.1 Å². The van der Waals surface area contributed by atoms with E-state index in [0.717, 1.165) is 0 Å². The molecule has 0 saturated carbocycles. The van der Waals surface area contributed by atoms with Gasteiger partial charge in [-0.1, -0.05) is 36.3 Å². The molecule has 0 saturated heterocycles. The van der Waals surface area contributed by atoms with Gasteiger partial charge in [0.1, 0.15) is 0 Å². The third-order valence-electron chi connectivity index (χ3n) is 1.93. The van der Waals surface area contributed by atoms with Crippen LogP contribution in [0.25, 0.3) is 0 Å². The molecular formula is C12H13F2N. The quantitative estimate of drug-likeness (QED) is 0.593. The number of rotatable bonds is 4. The van der Waals surface area contributed by atoms with Gasteiger partial charge < -0.3 is 5.32 Å². The molecule has 0 spiro atoms. The van der Waals surface area contributed by atoms with Crippen LogP contribution in [0.4, 0.5) is 8.78 Å². The maximum atomic E-state index is 13.5. The molecule has 15 heavy (non-hydrogen) atoms. The van der Waals surface area contributed by atoms with Gasteiger partial charge in [0.25, 0.3) is 5.92 Å². The van der Waals surface area contributed by atoms with Crippen LogP contribution in [0.1, 0.15) is 12.5 Å². The lowest BCUT2D eigenvalue weighted by atomic mass is 10.1. The molecule has 0 atom stereocenters. The molecule has 0 amide bonds. The lowest BCUT2D eigenvalue weighted by molar-refractivity contribution is -0.00207. The molecule has 0 aromatic heterocycles. The minimum atomic E-state index is -2.84. The van der Waals surface area contributed by atoms with E-state index in [-0.39, 0.29) is 12.1 Å². The molecule has 1 aromatic carbocycles. The fourth-order valence-corrected chi connectivity index (χ4v) is 1.15. The van der Waals surface area contributed by atoms with E-state index < -0.39 is 5.92 Å². The number of alkyl halides is 2. The highest BCUT2D eigenvalue weighted by Crippen LogP contribution is 2.26. The van der Waals surface area contributed by atoms with Gasteiger partial charge in [-0.25, -0.2) is 0 Å². The van der Waals surface area contributed by atoms with E-state index in [0.29, 0.717) is 6.54 Å². The fraction of sp³-hybridized carbons (Fsp3) is 0.333. The van der Waals surface area contributed by atoms with Gasteiger partial charge in [-0.2, -0.15) is 8.78 Å². The molecule has 1 N–H and O–H groups in total. The van der Waals surface area contributed by atoms with Crippen molar-refractivity contribution in [1.29, 1.82) is 0 Å². The van der Waals surface area contributed by atoms with E-state index in [4.69, 9.17) is 0 Å². The van der Waals surface area contributed by atoms with Crippen molar-refractivity contribution in [1.82, 2.24) is 5.32 Å². The summed E-state index contributed by atoms with van der Waals surface area (Å²) < 4.78 is 26.9. The normalized spacial score (nSPS) is 10.6. The largest absolute Gasteiger partial charge is 0.300 e. The van der Waals surface area contributed by atoms with E-state index in [9.17, 15) is 8.78 Å². The molecule has 0 aliphatic carbocycles. The number of halogens is 2. The summed E-state index contributed by atoms with van der Waals surface area (Å²) in [7, 11) is 0. The summed E-state index contributed by atoms with van der Waals surface area (Å²) in [4.78, 5) is 0. The van der Waals surface area contributed by atoms with E-state index in [1.165, 1.54) is 12.1 Å². The van der Waals surface area contributed by atoms with Crippen molar-refractivity contribution < 1.29 is 8.78 Å². The van der Waals surface area contributed by atoms with Crippen LogP contribution < -0.4 is 5.32 Å². The van der Waals surface area contributed by atoms with Gasteiger partial charge >= 0.3 is 0 Å². The lowest BCUT2D eigenvalue weighted by Crippen LogP contribution is -2.30. The highest BCUT2D eigenvalue weighted by molar-refractivity contribution is 5.20. The molecule has 80 valence electrons. The molecule has 1 nitrogen and oxygen atoms in total. The van der Waals surface area contributed by atoms with Gasteiger partial charge in [0.05, 0.1) is 13.1 Å². The number of hydrogen-bond acceptors (Lipinski definition) is 1. The van der Waals surface area contributed by atoms with Crippen LogP contribution in [0.2, 0.25) is 0 Å². The number of benzene rings is 1. The average molecular weight is 209 g/mol.